The molecular weight excluding hydrogens is 611 g/mol. The van der Waals surface area contributed by atoms with Gasteiger partial charge in [-0.1, -0.05) is 98.1 Å². The number of carboxylic acid groups (broad SMARTS) is 1. The quantitative estimate of drug-likeness (QED) is 0.209. The molecule has 1 saturated carbocycles. The number of rotatable bonds is 8. The Bertz CT molecular complexity index is 1760. The van der Waals surface area contributed by atoms with Gasteiger partial charge in [0, 0.05) is 23.9 Å². The number of hydrogen-bond donors (Lipinski definition) is 2. The van der Waals surface area contributed by atoms with Crippen molar-refractivity contribution in [2.45, 2.75) is 67.7 Å². The van der Waals surface area contributed by atoms with E-state index < -0.39 is 23.4 Å². The van der Waals surface area contributed by atoms with Gasteiger partial charge in [0.05, 0.1) is 13.1 Å². The van der Waals surface area contributed by atoms with Crippen molar-refractivity contribution in [1.29, 1.82) is 0 Å². The summed E-state index contributed by atoms with van der Waals surface area (Å²) >= 11 is 1.63. The molecule has 10 nitrogen and oxygen atoms in total. The third-order valence-corrected chi connectivity index (χ3v) is 9.22. The molecule has 1 aliphatic rings. The molecule has 1 aliphatic carbocycles. The summed E-state index contributed by atoms with van der Waals surface area (Å²) in [7, 11) is 1.60. The first-order chi connectivity index (χ1) is 21.4. The van der Waals surface area contributed by atoms with Gasteiger partial charge >= 0.3 is 17.8 Å². The lowest BCUT2D eigenvalue weighted by molar-refractivity contribution is -0.192. The molecule has 14 heteroatoms. The molecule has 0 saturated heterocycles. The van der Waals surface area contributed by atoms with E-state index in [2.05, 4.69) is 0 Å². The predicted molar refractivity (Wildman–Crippen MR) is 165 cm³/mol. The number of nitrogens with zero attached hydrogens (tertiary/aromatic N) is 4. The molecule has 0 aliphatic heterocycles. The van der Waals surface area contributed by atoms with Gasteiger partial charge in [0.15, 0.2) is 22.1 Å². The molecule has 2 aromatic heterocycles. The molecule has 3 N–H and O–H groups in total. The lowest BCUT2D eigenvalue weighted by Gasteiger charge is -2.30. The smallest absolute Gasteiger partial charge is 0.475 e. The second kappa shape index (κ2) is 14.3. The van der Waals surface area contributed by atoms with Gasteiger partial charge in [-0.15, -0.1) is 0 Å². The van der Waals surface area contributed by atoms with Crippen LogP contribution in [0.4, 0.5) is 13.2 Å². The third kappa shape index (κ3) is 7.92. The van der Waals surface area contributed by atoms with E-state index in [0.29, 0.717) is 35.0 Å². The normalized spacial score (nSPS) is 14.8. The fourth-order valence-corrected chi connectivity index (χ4v) is 6.62. The molecule has 5 rings (SSSR count). The minimum absolute atomic E-state index is 0.173. The van der Waals surface area contributed by atoms with Crippen molar-refractivity contribution in [3.05, 3.63) is 92.6 Å². The number of thioether (sulfide) groups is 1. The molecule has 4 aromatic rings. The number of carbonyl (C=O) groups is 2. The highest BCUT2D eigenvalue weighted by molar-refractivity contribution is 8.00. The molecule has 1 fully saturated rings. The number of ketones is 1. The maximum atomic E-state index is 13.9. The standard InChI is InChI=1S/C29H33N5O3S.C2HF3O2/c1-32-25-24(26(36)34(28(32)37)19-23(35)22-14-8-5-9-15-22)33(18-21-12-6-4-7-13-21)27(31-25)38-29(20-30)16-10-2-3-11-17-29;3-2(4,5)1(6)7/h4-9,12-15H,2-3,10-11,16-20,30H2,1H3;(H,6,7). The highest BCUT2D eigenvalue weighted by Gasteiger charge is 2.38. The van der Waals surface area contributed by atoms with Crippen LogP contribution in [0.15, 0.2) is 75.4 Å². The second-order valence-corrected chi connectivity index (χ2v) is 12.3. The number of carboxylic acids is 1. The summed E-state index contributed by atoms with van der Waals surface area (Å²) in [6.45, 7) is 0.596. The Morgan fingerprint density at radius 1 is 0.956 bits per heavy atom. The van der Waals surface area contributed by atoms with Gasteiger partial charge in [0.1, 0.15) is 0 Å². The summed E-state index contributed by atoms with van der Waals surface area (Å²) in [5, 5.41) is 7.80. The second-order valence-electron chi connectivity index (χ2n) is 10.9. The summed E-state index contributed by atoms with van der Waals surface area (Å²) < 4.78 is 35.9. The van der Waals surface area contributed by atoms with Crippen LogP contribution < -0.4 is 17.0 Å². The number of aliphatic carboxylic acids is 1. The SMILES string of the molecule is Cn1c(=O)n(CC(=O)c2ccccc2)c(=O)c2c1nc(SC1(CN)CCCCCC1)n2Cc1ccccc1.O=C(O)C(F)(F)F. The van der Waals surface area contributed by atoms with Crippen LogP contribution in [0.25, 0.3) is 11.2 Å². The maximum Gasteiger partial charge on any atom is 0.490 e. The molecule has 0 bridgehead atoms. The zero-order chi connectivity index (χ0) is 32.8. The van der Waals surface area contributed by atoms with E-state index in [0.717, 1.165) is 35.8 Å². The van der Waals surface area contributed by atoms with E-state index in [9.17, 15) is 27.6 Å². The van der Waals surface area contributed by atoms with E-state index in [4.69, 9.17) is 20.6 Å². The minimum Gasteiger partial charge on any atom is -0.475 e. The van der Waals surface area contributed by atoms with Crippen LogP contribution in [0.3, 0.4) is 0 Å². The first-order valence-corrected chi connectivity index (χ1v) is 15.2. The maximum absolute atomic E-state index is 13.9. The number of imidazole rings is 1. The Morgan fingerprint density at radius 3 is 2.04 bits per heavy atom. The molecule has 0 atom stereocenters. The average molecular weight is 646 g/mol. The predicted octanol–water partition coefficient (Wildman–Crippen LogP) is 4.61. The van der Waals surface area contributed by atoms with Crippen molar-refractivity contribution < 1.29 is 27.9 Å². The number of aryl methyl sites for hydroxylation is 1. The molecule has 2 aromatic carbocycles. The summed E-state index contributed by atoms with van der Waals surface area (Å²) in [6.07, 6.45) is 1.48. The third-order valence-electron chi connectivity index (χ3n) is 7.72. The number of fused-ring (bicyclic) bond motifs is 1. The van der Waals surface area contributed by atoms with Crippen LogP contribution in [0.5, 0.6) is 0 Å². The number of Topliss-reactive ketones (excluding diaryl/α,β-unsaturated/α-hetero) is 1. The van der Waals surface area contributed by atoms with Crippen molar-refractivity contribution in [2.24, 2.45) is 12.8 Å². The van der Waals surface area contributed by atoms with Crippen LogP contribution >= 0.6 is 11.8 Å². The van der Waals surface area contributed by atoms with Gasteiger partial charge in [0.25, 0.3) is 5.56 Å². The van der Waals surface area contributed by atoms with Crippen LogP contribution in [0.1, 0.15) is 54.4 Å². The van der Waals surface area contributed by atoms with Crippen molar-refractivity contribution in [3.8, 4) is 0 Å². The Balaban J connectivity index is 0.000000591. The van der Waals surface area contributed by atoms with Gasteiger partial charge in [-0.25, -0.2) is 14.6 Å². The van der Waals surface area contributed by atoms with Crippen molar-refractivity contribution >= 4 is 34.7 Å². The van der Waals surface area contributed by atoms with Crippen molar-refractivity contribution in [2.75, 3.05) is 6.54 Å². The number of carbonyl (C=O) groups excluding carboxylic acids is 1. The van der Waals surface area contributed by atoms with Gasteiger partial charge < -0.3 is 15.4 Å². The number of halogens is 3. The molecule has 0 radical (unpaired) electrons. The molecule has 0 unspecified atom stereocenters. The van der Waals surface area contributed by atoms with Gasteiger partial charge in [-0.05, 0) is 18.4 Å². The Kier molecular flexibility index (Phi) is 10.7. The Hall–Kier alpha value is -4.17. The summed E-state index contributed by atoms with van der Waals surface area (Å²) in [5.41, 5.74) is 7.39. The van der Waals surface area contributed by atoms with E-state index in [1.807, 2.05) is 41.0 Å². The summed E-state index contributed by atoms with van der Waals surface area (Å²) in [4.78, 5) is 53.9. The number of benzene rings is 2. The van der Waals surface area contributed by atoms with E-state index >= 15 is 0 Å². The van der Waals surface area contributed by atoms with Crippen LogP contribution in [0.2, 0.25) is 0 Å². The molecule has 240 valence electrons. The van der Waals surface area contributed by atoms with Gasteiger partial charge in [-0.2, -0.15) is 13.2 Å². The van der Waals surface area contributed by atoms with Gasteiger partial charge in [-0.3, -0.25) is 18.7 Å². The van der Waals surface area contributed by atoms with Crippen LogP contribution in [0, 0.1) is 0 Å². The number of aromatic nitrogens is 4. The largest absolute Gasteiger partial charge is 0.490 e. The monoisotopic (exact) mass is 645 g/mol. The Labute approximate surface area is 260 Å². The number of nitrogens with two attached hydrogens (primary N) is 1. The highest BCUT2D eigenvalue weighted by Crippen LogP contribution is 2.42. The zero-order valence-corrected chi connectivity index (χ0v) is 25.4. The molecular formula is C31H34F3N5O5S. The first kappa shape index (κ1) is 33.7. The van der Waals surface area contributed by atoms with Crippen LogP contribution in [-0.2, 0) is 24.9 Å². The topological polar surface area (TPSA) is 142 Å². The molecule has 2 heterocycles. The van der Waals surface area contributed by atoms with Crippen molar-refractivity contribution in [1.82, 2.24) is 18.7 Å². The number of alkyl halides is 3. The van der Waals surface area contributed by atoms with E-state index in [1.54, 1.807) is 43.1 Å². The fraction of sp³-hybridized carbons (Fsp3) is 0.387. The molecule has 0 spiro atoms. The van der Waals surface area contributed by atoms with Crippen LogP contribution in [-0.4, -0.2) is 53.0 Å². The molecule has 0 amide bonds. The number of hydrogen-bond acceptors (Lipinski definition) is 7. The average Bonchev–Trinajstić information content (AvgIpc) is 3.20. The Morgan fingerprint density at radius 2 is 1.51 bits per heavy atom. The lowest BCUT2D eigenvalue weighted by Crippen LogP contribution is -2.41. The zero-order valence-electron chi connectivity index (χ0n) is 24.6. The van der Waals surface area contributed by atoms with Crippen molar-refractivity contribution in [3.63, 3.8) is 0 Å². The lowest BCUT2D eigenvalue weighted by atomic mass is 10.00. The fourth-order valence-electron chi connectivity index (χ4n) is 5.25. The minimum atomic E-state index is -5.08. The first-order valence-electron chi connectivity index (χ1n) is 14.4. The highest BCUT2D eigenvalue weighted by atomic mass is 32.2. The summed E-state index contributed by atoms with van der Waals surface area (Å²) in [6, 6.07) is 18.6. The van der Waals surface area contributed by atoms with E-state index in [1.165, 1.54) is 17.4 Å². The van der Waals surface area contributed by atoms with E-state index in [-0.39, 0.29) is 17.1 Å². The molecule has 45 heavy (non-hydrogen) atoms. The van der Waals surface area contributed by atoms with Gasteiger partial charge in [0.2, 0.25) is 0 Å². The summed E-state index contributed by atoms with van der Waals surface area (Å²) in [5.74, 6) is -3.05.